The van der Waals surface area contributed by atoms with Crippen LogP contribution in [0, 0.1) is 0 Å². The van der Waals surface area contributed by atoms with Crippen molar-refractivity contribution in [2.75, 3.05) is 0 Å². The van der Waals surface area contributed by atoms with Gasteiger partial charge in [0, 0.05) is 28.7 Å². The summed E-state index contributed by atoms with van der Waals surface area (Å²) in [4.78, 5) is 0. The third-order valence-corrected chi connectivity index (χ3v) is 6.13. The monoisotopic (exact) mass is 383 g/mol. The Kier molecular flexibility index (Phi) is 3.75. The minimum atomic E-state index is 1.22. The molecule has 142 valence electrons. The first kappa shape index (κ1) is 17.1. The molecule has 1 heteroatoms. The highest BCUT2D eigenvalue weighted by molar-refractivity contribution is 6.19. The first-order valence-electron chi connectivity index (χ1n) is 10.3. The molecule has 0 radical (unpaired) electrons. The van der Waals surface area contributed by atoms with E-state index in [4.69, 9.17) is 0 Å². The maximum absolute atomic E-state index is 2.34. The van der Waals surface area contributed by atoms with Crippen LogP contribution in [0.3, 0.4) is 0 Å². The van der Waals surface area contributed by atoms with Crippen LogP contribution in [0.5, 0.6) is 0 Å². The molecule has 0 unspecified atom stereocenters. The van der Waals surface area contributed by atoms with Gasteiger partial charge >= 0.3 is 0 Å². The minimum Gasteiger partial charge on any atom is -0.343 e. The lowest BCUT2D eigenvalue weighted by atomic mass is 10.0. The van der Waals surface area contributed by atoms with E-state index in [0.717, 1.165) is 0 Å². The molecule has 0 aliphatic heterocycles. The smallest absolute Gasteiger partial charge is 0.0568 e. The Bertz CT molecular complexity index is 1580. The van der Waals surface area contributed by atoms with Crippen molar-refractivity contribution >= 4 is 55.5 Å². The molecule has 0 amide bonds. The first-order valence-corrected chi connectivity index (χ1v) is 10.3. The van der Waals surface area contributed by atoms with Crippen LogP contribution in [0.25, 0.3) is 55.5 Å². The van der Waals surface area contributed by atoms with Crippen molar-refractivity contribution in [3.8, 4) is 0 Å². The Balaban J connectivity index is 1.59. The summed E-state index contributed by atoms with van der Waals surface area (Å²) in [6.45, 7) is 0. The van der Waals surface area contributed by atoms with Crippen molar-refractivity contribution in [3.63, 3.8) is 0 Å². The van der Waals surface area contributed by atoms with Gasteiger partial charge in [-0.15, -0.1) is 0 Å². The Hall–Kier alpha value is -3.84. The van der Waals surface area contributed by atoms with Gasteiger partial charge < -0.3 is 4.57 Å². The van der Waals surface area contributed by atoms with Crippen LogP contribution >= 0.6 is 0 Å². The molecule has 30 heavy (non-hydrogen) atoms. The molecule has 6 aromatic rings. The quantitative estimate of drug-likeness (QED) is 0.212. The molecule has 1 heterocycles. The number of rotatable bonds is 2. The van der Waals surface area contributed by atoms with Crippen LogP contribution in [0.4, 0.5) is 0 Å². The predicted octanol–water partition coefficient (Wildman–Crippen LogP) is 7.81. The number of nitrogens with zero attached hydrogens (tertiary/aromatic N) is 1. The largest absolute Gasteiger partial charge is 0.343 e. The zero-order chi connectivity index (χ0) is 20.1. The maximum Gasteiger partial charge on any atom is 0.0568 e. The number of fused-ring (bicyclic) bond motifs is 6. The number of benzene rings is 5. The Labute approximate surface area is 175 Å². The molecule has 0 spiro atoms. The van der Waals surface area contributed by atoms with Crippen LogP contribution in [0.15, 0.2) is 97.1 Å². The van der Waals surface area contributed by atoms with E-state index in [-0.39, 0.29) is 0 Å². The van der Waals surface area contributed by atoms with E-state index in [1.54, 1.807) is 0 Å². The van der Waals surface area contributed by atoms with Crippen molar-refractivity contribution in [2.45, 2.75) is 0 Å². The van der Waals surface area contributed by atoms with Crippen molar-refractivity contribution in [3.05, 3.63) is 108 Å². The molecule has 0 bridgehead atoms. The fraction of sp³-hybridized carbons (Fsp3) is 0.0345. The lowest BCUT2D eigenvalue weighted by molar-refractivity contribution is 1.02. The summed E-state index contributed by atoms with van der Waals surface area (Å²) in [5.74, 6) is 0. The predicted molar refractivity (Wildman–Crippen MR) is 131 cm³/mol. The molecule has 0 fully saturated rings. The van der Waals surface area contributed by atoms with Crippen LogP contribution in [0.1, 0.15) is 11.1 Å². The highest BCUT2D eigenvalue weighted by atomic mass is 14.9. The molecule has 0 atom stereocenters. The van der Waals surface area contributed by atoms with E-state index in [1.807, 2.05) is 6.07 Å². The summed E-state index contributed by atoms with van der Waals surface area (Å²) in [6, 6.07) is 35.0. The summed E-state index contributed by atoms with van der Waals surface area (Å²) in [5.41, 5.74) is 5.01. The Morgan fingerprint density at radius 2 is 1.27 bits per heavy atom. The normalized spacial score (nSPS) is 12.0. The first-order chi connectivity index (χ1) is 14.8. The molecule has 5 aromatic carbocycles. The Morgan fingerprint density at radius 1 is 0.533 bits per heavy atom. The fourth-order valence-electron chi connectivity index (χ4n) is 4.62. The van der Waals surface area contributed by atoms with Crippen molar-refractivity contribution < 1.29 is 0 Å². The fourth-order valence-corrected chi connectivity index (χ4v) is 4.62. The molecule has 0 aliphatic carbocycles. The molecule has 0 aliphatic rings. The number of hydrogen-bond acceptors (Lipinski definition) is 0. The standard InChI is InChI=1S/C29H21N/c1-30-28-16-13-21(12-11-20-7-3-2-4-8-20)17-27(28)25-15-14-24-18-22-9-5-6-10-23(22)19-26(24)29(25)30/h2-19H,1H3/b12-11+. The summed E-state index contributed by atoms with van der Waals surface area (Å²) in [5, 5.41) is 7.79. The molecular weight excluding hydrogens is 362 g/mol. The SMILES string of the molecule is Cn1c2ccc(/C=C/c3ccccc3)cc2c2ccc3cc4ccccc4cc3c21. The lowest BCUT2D eigenvalue weighted by Gasteiger charge is -2.06. The van der Waals surface area contributed by atoms with Gasteiger partial charge in [0.1, 0.15) is 0 Å². The van der Waals surface area contributed by atoms with Gasteiger partial charge in [-0.05, 0) is 51.6 Å². The van der Waals surface area contributed by atoms with Gasteiger partial charge in [-0.1, -0.05) is 84.9 Å². The third-order valence-electron chi connectivity index (χ3n) is 6.13. The molecule has 0 saturated carbocycles. The van der Waals surface area contributed by atoms with Crippen molar-refractivity contribution in [1.82, 2.24) is 4.57 Å². The summed E-state index contributed by atoms with van der Waals surface area (Å²) in [6.07, 6.45) is 4.37. The van der Waals surface area contributed by atoms with Gasteiger partial charge in [0.15, 0.2) is 0 Å². The van der Waals surface area contributed by atoms with E-state index in [9.17, 15) is 0 Å². The summed E-state index contributed by atoms with van der Waals surface area (Å²) in [7, 11) is 2.18. The van der Waals surface area contributed by atoms with E-state index in [1.165, 1.54) is 54.5 Å². The zero-order valence-electron chi connectivity index (χ0n) is 16.8. The highest BCUT2D eigenvalue weighted by Crippen LogP contribution is 2.35. The van der Waals surface area contributed by atoms with Gasteiger partial charge in [0.05, 0.1) is 5.52 Å². The average molecular weight is 383 g/mol. The molecular formula is C29H21N. The Morgan fingerprint density at radius 3 is 2.10 bits per heavy atom. The van der Waals surface area contributed by atoms with Gasteiger partial charge in [0.2, 0.25) is 0 Å². The van der Waals surface area contributed by atoms with E-state index in [0.29, 0.717) is 0 Å². The topological polar surface area (TPSA) is 4.93 Å². The summed E-state index contributed by atoms with van der Waals surface area (Å²) < 4.78 is 2.34. The second kappa shape index (κ2) is 6.60. The van der Waals surface area contributed by atoms with Crippen molar-refractivity contribution in [2.24, 2.45) is 7.05 Å². The van der Waals surface area contributed by atoms with Crippen molar-refractivity contribution in [1.29, 1.82) is 0 Å². The average Bonchev–Trinajstić information content (AvgIpc) is 3.09. The number of aromatic nitrogens is 1. The molecule has 6 rings (SSSR count). The number of aryl methyl sites for hydroxylation is 1. The van der Waals surface area contributed by atoms with Gasteiger partial charge in [0.25, 0.3) is 0 Å². The zero-order valence-corrected chi connectivity index (χ0v) is 16.8. The van der Waals surface area contributed by atoms with Gasteiger partial charge in [-0.25, -0.2) is 0 Å². The van der Waals surface area contributed by atoms with E-state index in [2.05, 4.69) is 115 Å². The van der Waals surface area contributed by atoms with Gasteiger partial charge in [-0.2, -0.15) is 0 Å². The third kappa shape index (κ3) is 2.63. The van der Waals surface area contributed by atoms with E-state index >= 15 is 0 Å². The highest BCUT2D eigenvalue weighted by Gasteiger charge is 2.12. The lowest BCUT2D eigenvalue weighted by Crippen LogP contribution is -1.88. The van der Waals surface area contributed by atoms with Crippen LogP contribution in [-0.4, -0.2) is 4.57 Å². The molecule has 1 nitrogen and oxygen atoms in total. The van der Waals surface area contributed by atoms with Crippen LogP contribution in [0.2, 0.25) is 0 Å². The number of hydrogen-bond donors (Lipinski definition) is 0. The maximum atomic E-state index is 2.34. The van der Waals surface area contributed by atoms with Crippen LogP contribution < -0.4 is 0 Å². The minimum absolute atomic E-state index is 1.22. The van der Waals surface area contributed by atoms with E-state index < -0.39 is 0 Å². The molecule has 0 N–H and O–H groups in total. The molecule has 0 saturated heterocycles. The van der Waals surface area contributed by atoms with Crippen LogP contribution in [-0.2, 0) is 7.05 Å². The van der Waals surface area contributed by atoms with Gasteiger partial charge in [-0.3, -0.25) is 0 Å². The summed E-state index contributed by atoms with van der Waals surface area (Å²) >= 11 is 0. The second-order valence-corrected chi connectivity index (χ2v) is 7.96. The molecule has 1 aromatic heterocycles. The second-order valence-electron chi connectivity index (χ2n) is 7.96.